The number of aliphatic hydroxyl groups excluding tert-OH is 1. The molecule has 1 aromatic carbocycles. The lowest BCUT2D eigenvalue weighted by Crippen LogP contribution is -2.42. The van der Waals surface area contributed by atoms with Crippen molar-refractivity contribution in [1.82, 2.24) is 15.0 Å². The van der Waals surface area contributed by atoms with Crippen molar-refractivity contribution in [2.24, 2.45) is 0 Å². The van der Waals surface area contributed by atoms with E-state index in [4.69, 9.17) is 9.26 Å². The molecule has 1 atom stereocenters. The maximum Gasteiger partial charge on any atom is 0.253 e. The van der Waals surface area contributed by atoms with Crippen molar-refractivity contribution in [3.8, 4) is 5.75 Å². The third-order valence-corrected chi connectivity index (χ3v) is 3.72. The molecule has 1 aromatic heterocycles. The molecule has 1 aliphatic rings. The lowest BCUT2D eigenvalue weighted by molar-refractivity contribution is 0.0473. The molecule has 2 aromatic rings. The molecule has 7 nitrogen and oxygen atoms in total. The average molecular weight is 317 g/mol. The number of ether oxygens (including phenoxy) is 1. The fraction of sp³-hybridized carbons (Fsp3) is 0.438. The molecular formula is C16H19N3O4. The number of hydrogen-bond donors (Lipinski definition) is 1. The fourth-order valence-corrected chi connectivity index (χ4v) is 2.56. The van der Waals surface area contributed by atoms with Gasteiger partial charge in [0.1, 0.15) is 5.75 Å². The second kappa shape index (κ2) is 6.78. The van der Waals surface area contributed by atoms with Crippen LogP contribution in [0.2, 0.25) is 0 Å². The van der Waals surface area contributed by atoms with Gasteiger partial charge < -0.3 is 19.3 Å². The fourth-order valence-electron chi connectivity index (χ4n) is 2.56. The summed E-state index contributed by atoms with van der Waals surface area (Å²) in [7, 11) is 0. The molecule has 0 aliphatic carbocycles. The molecule has 23 heavy (non-hydrogen) atoms. The second-order valence-corrected chi connectivity index (χ2v) is 5.59. The summed E-state index contributed by atoms with van der Waals surface area (Å²) in [5.74, 6) is 1.53. The van der Waals surface area contributed by atoms with E-state index < -0.39 is 6.10 Å². The lowest BCUT2D eigenvalue weighted by Gasteiger charge is -2.30. The van der Waals surface area contributed by atoms with Gasteiger partial charge in [0.05, 0.1) is 6.10 Å². The molecule has 0 radical (unpaired) electrons. The molecule has 1 N–H and O–H groups in total. The zero-order valence-corrected chi connectivity index (χ0v) is 12.9. The Hall–Kier alpha value is -2.41. The first-order valence-electron chi connectivity index (χ1n) is 7.61. The van der Waals surface area contributed by atoms with E-state index in [1.807, 2.05) is 0 Å². The van der Waals surface area contributed by atoms with Gasteiger partial charge in [-0.2, -0.15) is 4.98 Å². The van der Waals surface area contributed by atoms with Crippen LogP contribution in [0.1, 0.15) is 34.9 Å². The third kappa shape index (κ3) is 3.87. The molecule has 2 heterocycles. The summed E-state index contributed by atoms with van der Waals surface area (Å²) >= 11 is 0. The van der Waals surface area contributed by atoms with Crippen LogP contribution in [0.4, 0.5) is 0 Å². The van der Waals surface area contributed by atoms with Gasteiger partial charge >= 0.3 is 0 Å². The first-order valence-corrected chi connectivity index (χ1v) is 7.61. The standard InChI is InChI=1S/C16H19N3O4/c1-11-17-15(18-23-11)10-22-14-6-4-12(5-7-14)16(21)19-8-2-3-13(20)9-19/h4-7,13,20H,2-3,8-10H2,1H3. The van der Waals surface area contributed by atoms with Gasteiger partial charge in [0, 0.05) is 25.6 Å². The maximum atomic E-state index is 12.4. The average Bonchev–Trinajstić information content (AvgIpc) is 2.98. The van der Waals surface area contributed by atoms with Crippen LogP contribution in [0.15, 0.2) is 28.8 Å². The van der Waals surface area contributed by atoms with Gasteiger partial charge in [0.2, 0.25) is 11.7 Å². The van der Waals surface area contributed by atoms with E-state index in [2.05, 4.69) is 10.1 Å². The van der Waals surface area contributed by atoms with Crippen LogP contribution < -0.4 is 4.74 Å². The van der Waals surface area contributed by atoms with E-state index in [-0.39, 0.29) is 12.5 Å². The Morgan fingerprint density at radius 3 is 2.87 bits per heavy atom. The zero-order chi connectivity index (χ0) is 16.2. The summed E-state index contributed by atoms with van der Waals surface area (Å²) in [4.78, 5) is 18.1. The number of benzene rings is 1. The van der Waals surface area contributed by atoms with Crippen LogP contribution in [0.25, 0.3) is 0 Å². The highest BCUT2D eigenvalue weighted by Crippen LogP contribution is 2.17. The van der Waals surface area contributed by atoms with Gasteiger partial charge in [-0.25, -0.2) is 0 Å². The first-order chi connectivity index (χ1) is 11.1. The monoisotopic (exact) mass is 317 g/mol. The van der Waals surface area contributed by atoms with E-state index >= 15 is 0 Å². The largest absolute Gasteiger partial charge is 0.485 e. The molecule has 1 unspecified atom stereocenters. The lowest BCUT2D eigenvalue weighted by atomic mass is 10.1. The molecule has 0 saturated carbocycles. The number of nitrogens with zero attached hydrogens (tertiary/aromatic N) is 3. The zero-order valence-electron chi connectivity index (χ0n) is 12.9. The van der Waals surface area contributed by atoms with Crippen LogP contribution in [-0.4, -0.2) is 45.2 Å². The van der Waals surface area contributed by atoms with Crippen LogP contribution in [0, 0.1) is 6.92 Å². The summed E-state index contributed by atoms with van der Waals surface area (Å²) in [6.45, 7) is 3.01. The Morgan fingerprint density at radius 1 is 1.43 bits per heavy atom. The summed E-state index contributed by atoms with van der Waals surface area (Å²) < 4.78 is 10.4. The number of piperidine rings is 1. The quantitative estimate of drug-likeness (QED) is 0.920. The number of amides is 1. The van der Waals surface area contributed by atoms with Gasteiger partial charge in [0.15, 0.2) is 6.61 Å². The molecular weight excluding hydrogens is 298 g/mol. The van der Waals surface area contributed by atoms with Gasteiger partial charge in [0.25, 0.3) is 5.91 Å². The Bertz CT molecular complexity index is 668. The van der Waals surface area contributed by atoms with Crippen LogP contribution in [0.3, 0.4) is 0 Å². The van der Waals surface area contributed by atoms with Crippen LogP contribution in [-0.2, 0) is 6.61 Å². The van der Waals surface area contributed by atoms with Crippen molar-refractivity contribution >= 4 is 5.91 Å². The predicted octanol–water partition coefficient (Wildman–Crippen LogP) is 1.55. The third-order valence-electron chi connectivity index (χ3n) is 3.72. The van der Waals surface area contributed by atoms with E-state index in [1.54, 1.807) is 36.1 Å². The Kier molecular flexibility index (Phi) is 4.57. The van der Waals surface area contributed by atoms with Crippen LogP contribution >= 0.6 is 0 Å². The predicted molar refractivity (Wildman–Crippen MR) is 81.0 cm³/mol. The molecule has 0 spiro atoms. The second-order valence-electron chi connectivity index (χ2n) is 5.59. The minimum Gasteiger partial charge on any atom is -0.485 e. The number of carbonyl (C=O) groups is 1. The van der Waals surface area contributed by atoms with Crippen molar-refractivity contribution < 1.29 is 19.2 Å². The van der Waals surface area contributed by atoms with Gasteiger partial charge in [-0.3, -0.25) is 4.79 Å². The van der Waals surface area contributed by atoms with Crippen molar-refractivity contribution in [3.63, 3.8) is 0 Å². The highest BCUT2D eigenvalue weighted by Gasteiger charge is 2.22. The SMILES string of the molecule is Cc1nc(COc2ccc(C(=O)N3CCCC(O)C3)cc2)no1. The highest BCUT2D eigenvalue weighted by atomic mass is 16.5. The number of rotatable bonds is 4. The summed E-state index contributed by atoms with van der Waals surface area (Å²) in [6, 6.07) is 6.92. The minimum absolute atomic E-state index is 0.0657. The number of hydrogen-bond acceptors (Lipinski definition) is 6. The summed E-state index contributed by atoms with van der Waals surface area (Å²) in [5, 5.41) is 13.4. The van der Waals surface area contributed by atoms with Gasteiger partial charge in [-0.05, 0) is 37.1 Å². The highest BCUT2D eigenvalue weighted by molar-refractivity contribution is 5.94. The Balaban J connectivity index is 1.59. The number of β-amino-alcohol motifs (C(OH)–C–C–N with tert-alkyl or cyclic N) is 1. The molecule has 1 aliphatic heterocycles. The minimum atomic E-state index is -0.422. The van der Waals surface area contributed by atoms with Crippen molar-refractivity contribution in [3.05, 3.63) is 41.5 Å². The number of aromatic nitrogens is 2. The smallest absolute Gasteiger partial charge is 0.253 e. The number of carbonyl (C=O) groups excluding carboxylic acids is 1. The van der Waals surface area contributed by atoms with E-state index in [9.17, 15) is 9.90 Å². The molecule has 1 saturated heterocycles. The van der Waals surface area contributed by atoms with Crippen molar-refractivity contribution in [2.75, 3.05) is 13.1 Å². The van der Waals surface area contributed by atoms with E-state index in [1.165, 1.54) is 0 Å². The van der Waals surface area contributed by atoms with Crippen molar-refractivity contribution in [1.29, 1.82) is 0 Å². The number of likely N-dealkylation sites (tertiary alicyclic amines) is 1. The molecule has 1 fully saturated rings. The summed E-state index contributed by atoms with van der Waals surface area (Å²) in [6.07, 6.45) is 1.17. The van der Waals surface area contributed by atoms with Crippen LogP contribution in [0.5, 0.6) is 5.75 Å². The number of aliphatic hydroxyl groups is 1. The van der Waals surface area contributed by atoms with Crippen molar-refractivity contribution in [2.45, 2.75) is 32.5 Å². The molecule has 7 heteroatoms. The van der Waals surface area contributed by atoms with E-state index in [0.717, 1.165) is 12.8 Å². The molecule has 122 valence electrons. The number of aryl methyl sites for hydroxylation is 1. The molecule has 1 amide bonds. The Morgan fingerprint density at radius 2 is 2.22 bits per heavy atom. The van der Waals surface area contributed by atoms with E-state index in [0.29, 0.717) is 36.1 Å². The maximum absolute atomic E-state index is 12.4. The summed E-state index contributed by atoms with van der Waals surface area (Å²) in [5.41, 5.74) is 0.585. The Labute approximate surface area is 133 Å². The van der Waals surface area contributed by atoms with Gasteiger partial charge in [-0.1, -0.05) is 5.16 Å². The topological polar surface area (TPSA) is 88.7 Å². The normalized spacial score (nSPS) is 18.0. The van der Waals surface area contributed by atoms with Gasteiger partial charge in [-0.15, -0.1) is 0 Å². The molecule has 3 rings (SSSR count). The first kappa shape index (κ1) is 15.5. The molecule has 0 bridgehead atoms.